The van der Waals surface area contributed by atoms with Gasteiger partial charge in [0.1, 0.15) is 11.5 Å². The second-order valence-electron chi connectivity index (χ2n) is 2.03. The molecule has 0 aromatic heterocycles. The fourth-order valence-corrected chi connectivity index (χ4v) is 0.427. The highest BCUT2D eigenvalue weighted by Crippen LogP contribution is 1.86. The number of ketones is 1. The summed E-state index contributed by atoms with van der Waals surface area (Å²) in [6.07, 6.45) is 0. The van der Waals surface area contributed by atoms with E-state index in [-0.39, 0.29) is 18.0 Å². The molecule has 0 rings (SSSR count). The molecule has 62 valence electrons. The van der Waals surface area contributed by atoms with Crippen LogP contribution in [0.3, 0.4) is 0 Å². The van der Waals surface area contributed by atoms with Crippen LogP contribution in [-0.4, -0.2) is 25.4 Å². The minimum absolute atomic E-state index is 0.0601. The van der Waals surface area contributed by atoms with E-state index in [0.717, 1.165) is 0 Å². The molecule has 0 aromatic rings. The van der Waals surface area contributed by atoms with Crippen molar-refractivity contribution in [3.63, 3.8) is 0 Å². The largest absolute Gasteiger partial charge is 0.464 e. The SMILES string of the molecule is C=C(NCC(C)=O)C(=O)OC. The number of hydrogen-bond acceptors (Lipinski definition) is 4. The van der Waals surface area contributed by atoms with Crippen LogP contribution < -0.4 is 5.32 Å². The van der Waals surface area contributed by atoms with Gasteiger partial charge in [0.2, 0.25) is 0 Å². The van der Waals surface area contributed by atoms with Crippen molar-refractivity contribution in [3.8, 4) is 0 Å². The molecule has 4 heteroatoms. The van der Waals surface area contributed by atoms with Crippen LogP contribution in [0.5, 0.6) is 0 Å². The summed E-state index contributed by atoms with van der Waals surface area (Å²) in [4.78, 5) is 21.0. The third-order valence-electron chi connectivity index (χ3n) is 0.983. The highest BCUT2D eigenvalue weighted by molar-refractivity contribution is 5.88. The molecule has 4 nitrogen and oxygen atoms in total. The molecule has 0 spiro atoms. The summed E-state index contributed by atoms with van der Waals surface area (Å²) in [5.41, 5.74) is 0.0997. The first-order valence-electron chi connectivity index (χ1n) is 3.08. The lowest BCUT2D eigenvalue weighted by Crippen LogP contribution is -2.25. The van der Waals surface area contributed by atoms with Gasteiger partial charge in [0.25, 0.3) is 0 Å². The van der Waals surface area contributed by atoms with Gasteiger partial charge in [-0.25, -0.2) is 4.79 Å². The molecule has 0 aromatic carbocycles. The summed E-state index contributed by atoms with van der Waals surface area (Å²) in [5, 5.41) is 2.51. The maximum Gasteiger partial charge on any atom is 0.353 e. The highest BCUT2D eigenvalue weighted by atomic mass is 16.5. The predicted molar refractivity (Wildman–Crippen MR) is 39.8 cm³/mol. The third-order valence-corrected chi connectivity index (χ3v) is 0.983. The summed E-state index contributed by atoms with van der Waals surface area (Å²) in [6.45, 7) is 4.88. The van der Waals surface area contributed by atoms with E-state index in [1.54, 1.807) is 0 Å². The van der Waals surface area contributed by atoms with Crippen LogP contribution in [0.2, 0.25) is 0 Å². The zero-order valence-corrected chi connectivity index (χ0v) is 6.64. The van der Waals surface area contributed by atoms with E-state index >= 15 is 0 Å². The van der Waals surface area contributed by atoms with Crippen molar-refractivity contribution in [1.29, 1.82) is 0 Å². The number of ether oxygens (including phenoxy) is 1. The Hall–Kier alpha value is -1.32. The van der Waals surface area contributed by atoms with E-state index < -0.39 is 5.97 Å². The van der Waals surface area contributed by atoms with Crippen molar-refractivity contribution in [2.45, 2.75) is 6.92 Å². The number of esters is 1. The van der Waals surface area contributed by atoms with Gasteiger partial charge in [-0.3, -0.25) is 4.79 Å². The Morgan fingerprint density at radius 3 is 2.45 bits per heavy atom. The van der Waals surface area contributed by atoms with E-state index in [9.17, 15) is 9.59 Å². The molecular formula is C7H11NO3. The molecule has 0 radical (unpaired) electrons. The molecule has 0 saturated heterocycles. The molecule has 0 aliphatic rings. The Bertz CT molecular complexity index is 186. The Morgan fingerprint density at radius 1 is 1.55 bits per heavy atom. The lowest BCUT2D eigenvalue weighted by atomic mass is 10.4. The van der Waals surface area contributed by atoms with E-state index in [1.807, 2.05) is 0 Å². The van der Waals surface area contributed by atoms with Crippen LogP contribution in [0.4, 0.5) is 0 Å². The smallest absolute Gasteiger partial charge is 0.353 e. The number of carbonyl (C=O) groups excluding carboxylic acids is 2. The van der Waals surface area contributed by atoms with Crippen molar-refractivity contribution in [2.75, 3.05) is 13.7 Å². The van der Waals surface area contributed by atoms with Gasteiger partial charge in [-0.05, 0) is 6.92 Å². The second kappa shape index (κ2) is 4.49. The zero-order chi connectivity index (χ0) is 8.85. The van der Waals surface area contributed by atoms with Gasteiger partial charge >= 0.3 is 5.97 Å². The normalized spacial score (nSPS) is 8.55. The van der Waals surface area contributed by atoms with Crippen LogP contribution in [0.25, 0.3) is 0 Å². The Morgan fingerprint density at radius 2 is 2.09 bits per heavy atom. The average molecular weight is 157 g/mol. The van der Waals surface area contributed by atoms with Gasteiger partial charge in [0.05, 0.1) is 13.7 Å². The number of rotatable bonds is 4. The molecule has 1 N–H and O–H groups in total. The maximum absolute atomic E-state index is 10.6. The number of carbonyl (C=O) groups is 2. The van der Waals surface area contributed by atoms with Crippen LogP contribution >= 0.6 is 0 Å². The third kappa shape index (κ3) is 4.13. The number of methoxy groups -OCH3 is 1. The van der Waals surface area contributed by atoms with Crippen LogP contribution in [-0.2, 0) is 14.3 Å². The molecule has 11 heavy (non-hydrogen) atoms. The molecule has 0 atom stereocenters. The molecule has 0 bridgehead atoms. The summed E-state index contributed by atoms with van der Waals surface area (Å²) in [5.74, 6) is -0.610. The summed E-state index contributed by atoms with van der Waals surface area (Å²) in [6, 6.07) is 0. The molecule has 0 aliphatic carbocycles. The van der Waals surface area contributed by atoms with Crippen molar-refractivity contribution in [2.24, 2.45) is 0 Å². The molecule has 0 heterocycles. The van der Waals surface area contributed by atoms with Crippen LogP contribution in [0.1, 0.15) is 6.92 Å². The quantitative estimate of drug-likeness (QED) is 0.455. The molecule has 0 unspecified atom stereocenters. The van der Waals surface area contributed by atoms with Gasteiger partial charge < -0.3 is 10.1 Å². The summed E-state index contributed by atoms with van der Waals surface area (Å²) >= 11 is 0. The predicted octanol–water partition coefficient (Wildman–Crippen LogP) is -0.148. The Kier molecular flexibility index (Phi) is 3.95. The fourth-order valence-electron chi connectivity index (χ4n) is 0.427. The van der Waals surface area contributed by atoms with Gasteiger partial charge in [0.15, 0.2) is 0 Å². The minimum atomic E-state index is -0.550. The van der Waals surface area contributed by atoms with Crippen LogP contribution in [0, 0.1) is 0 Å². The first-order valence-corrected chi connectivity index (χ1v) is 3.08. The monoisotopic (exact) mass is 157 g/mol. The van der Waals surface area contributed by atoms with Gasteiger partial charge in [-0.15, -0.1) is 0 Å². The standard InChI is InChI=1S/C7H11NO3/c1-5(9)4-8-6(2)7(10)11-3/h8H,2,4H2,1,3H3. The van der Waals surface area contributed by atoms with Gasteiger partial charge in [-0.1, -0.05) is 6.58 Å². The Balaban J connectivity index is 3.70. The number of nitrogens with one attached hydrogen (secondary N) is 1. The second-order valence-corrected chi connectivity index (χ2v) is 2.03. The number of hydrogen-bond donors (Lipinski definition) is 1. The number of Topliss-reactive ketones (excluding diaryl/α,β-unsaturated/α-hetero) is 1. The van der Waals surface area contributed by atoms with E-state index in [1.165, 1.54) is 14.0 Å². The zero-order valence-electron chi connectivity index (χ0n) is 6.64. The van der Waals surface area contributed by atoms with Crippen molar-refractivity contribution in [3.05, 3.63) is 12.3 Å². The van der Waals surface area contributed by atoms with E-state index in [0.29, 0.717) is 0 Å². The molecule has 0 aliphatic heterocycles. The summed E-state index contributed by atoms with van der Waals surface area (Å²) < 4.78 is 4.33. The minimum Gasteiger partial charge on any atom is -0.464 e. The lowest BCUT2D eigenvalue weighted by molar-refractivity contribution is -0.136. The van der Waals surface area contributed by atoms with E-state index in [4.69, 9.17) is 0 Å². The fraction of sp³-hybridized carbons (Fsp3) is 0.429. The topological polar surface area (TPSA) is 55.4 Å². The lowest BCUT2D eigenvalue weighted by Gasteiger charge is -2.03. The van der Waals surface area contributed by atoms with Crippen LogP contribution in [0.15, 0.2) is 12.3 Å². The van der Waals surface area contributed by atoms with Gasteiger partial charge in [0, 0.05) is 0 Å². The summed E-state index contributed by atoms with van der Waals surface area (Å²) in [7, 11) is 1.25. The molecular weight excluding hydrogens is 146 g/mol. The maximum atomic E-state index is 10.6. The molecule has 0 amide bonds. The molecule has 0 fully saturated rings. The van der Waals surface area contributed by atoms with Crippen molar-refractivity contribution >= 4 is 11.8 Å². The first kappa shape index (κ1) is 9.68. The Labute approximate surface area is 65.2 Å². The van der Waals surface area contributed by atoms with Crippen molar-refractivity contribution < 1.29 is 14.3 Å². The van der Waals surface area contributed by atoms with E-state index in [2.05, 4.69) is 16.6 Å². The highest BCUT2D eigenvalue weighted by Gasteiger charge is 2.05. The van der Waals surface area contributed by atoms with Gasteiger partial charge in [-0.2, -0.15) is 0 Å². The van der Waals surface area contributed by atoms with Crippen molar-refractivity contribution in [1.82, 2.24) is 5.32 Å². The first-order chi connectivity index (χ1) is 5.07. The average Bonchev–Trinajstić information content (AvgIpc) is 1.98. The molecule has 0 saturated carbocycles.